The highest BCUT2D eigenvalue weighted by Gasteiger charge is 2.10. The molecule has 17 heavy (non-hydrogen) atoms. The predicted octanol–water partition coefficient (Wildman–Crippen LogP) is 2.32. The van der Waals surface area contributed by atoms with Gasteiger partial charge in [-0.05, 0) is 19.1 Å². The fourth-order valence-electron chi connectivity index (χ4n) is 1.21. The van der Waals surface area contributed by atoms with E-state index in [9.17, 15) is 0 Å². The summed E-state index contributed by atoms with van der Waals surface area (Å²) in [5, 5.41) is 8.15. The van der Waals surface area contributed by atoms with Gasteiger partial charge in [0.15, 0.2) is 6.61 Å². The molecule has 1 atom stereocenters. The highest BCUT2D eigenvalue weighted by Crippen LogP contribution is 2.24. The molecule has 2 N–H and O–H groups in total. The van der Waals surface area contributed by atoms with Crippen molar-refractivity contribution in [3.8, 4) is 5.75 Å². The maximum Gasteiger partial charge on any atom is 0.253 e. The first kappa shape index (κ1) is 11.9. The Morgan fingerprint density at radius 1 is 1.41 bits per heavy atom. The summed E-state index contributed by atoms with van der Waals surface area (Å²) in [4.78, 5) is 0. The van der Waals surface area contributed by atoms with Crippen molar-refractivity contribution < 1.29 is 9.15 Å². The fourth-order valence-corrected chi connectivity index (χ4v) is 1.40. The van der Waals surface area contributed by atoms with E-state index in [0.29, 0.717) is 22.6 Å². The summed E-state index contributed by atoms with van der Waals surface area (Å²) in [6, 6.07) is 6.90. The van der Waals surface area contributed by atoms with E-state index in [1.165, 1.54) is 0 Å². The number of aromatic nitrogens is 2. The van der Waals surface area contributed by atoms with Gasteiger partial charge in [-0.15, -0.1) is 10.2 Å². The monoisotopic (exact) mass is 253 g/mol. The number of para-hydroxylation sites is 1. The molecule has 0 saturated heterocycles. The van der Waals surface area contributed by atoms with Crippen molar-refractivity contribution in [3.63, 3.8) is 0 Å². The third-order valence-electron chi connectivity index (χ3n) is 2.06. The lowest BCUT2D eigenvalue weighted by Crippen LogP contribution is -2.04. The molecule has 0 saturated carbocycles. The van der Waals surface area contributed by atoms with Crippen molar-refractivity contribution in [2.24, 2.45) is 5.73 Å². The Bertz CT molecular complexity index is 499. The Balaban J connectivity index is 2.00. The highest BCUT2D eigenvalue weighted by atomic mass is 35.5. The van der Waals surface area contributed by atoms with E-state index < -0.39 is 0 Å². The summed E-state index contributed by atoms with van der Waals surface area (Å²) < 4.78 is 10.7. The summed E-state index contributed by atoms with van der Waals surface area (Å²) in [6.07, 6.45) is 0. The van der Waals surface area contributed by atoms with E-state index in [4.69, 9.17) is 26.5 Å². The average molecular weight is 254 g/mol. The SMILES string of the molecule is CC(N)c1nnc(COc2ccccc2Cl)o1. The van der Waals surface area contributed by atoms with Crippen LogP contribution in [0.4, 0.5) is 0 Å². The van der Waals surface area contributed by atoms with Crippen molar-refractivity contribution in [1.82, 2.24) is 10.2 Å². The molecule has 0 spiro atoms. The summed E-state index contributed by atoms with van der Waals surface area (Å²) in [6.45, 7) is 1.94. The maximum atomic E-state index is 5.93. The van der Waals surface area contributed by atoms with Gasteiger partial charge >= 0.3 is 0 Å². The molecule has 2 aromatic rings. The number of rotatable bonds is 4. The Labute approximate surface area is 104 Å². The van der Waals surface area contributed by atoms with E-state index in [-0.39, 0.29) is 12.6 Å². The fraction of sp³-hybridized carbons (Fsp3) is 0.273. The smallest absolute Gasteiger partial charge is 0.253 e. The number of nitrogens with zero attached hydrogens (tertiary/aromatic N) is 2. The molecule has 0 aliphatic rings. The number of ether oxygens (including phenoxy) is 1. The normalized spacial score (nSPS) is 12.4. The van der Waals surface area contributed by atoms with Crippen LogP contribution in [0.25, 0.3) is 0 Å². The van der Waals surface area contributed by atoms with E-state index in [0.717, 1.165) is 0 Å². The summed E-state index contributed by atoms with van der Waals surface area (Å²) in [5.74, 6) is 1.34. The van der Waals surface area contributed by atoms with Crippen molar-refractivity contribution in [2.75, 3.05) is 0 Å². The summed E-state index contributed by atoms with van der Waals surface area (Å²) >= 11 is 5.93. The van der Waals surface area contributed by atoms with Gasteiger partial charge in [0, 0.05) is 0 Å². The van der Waals surface area contributed by atoms with Crippen LogP contribution in [-0.4, -0.2) is 10.2 Å². The number of hydrogen-bond donors (Lipinski definition) is 1. The Kier molecular flexibility index (Phi) is 3.61. The molecule has 0 fully saturated rings. The molecule has 1 unspecified atom stereocenters. The molecule has 6 heteroatoms. The minimum atomic E-state index is -0.281. The lowest BCUT2D eigenvalue weighted by molar-refractivity contribution is 0.257. The zero-order valence-electron chi connectivity index (χ0n) is 9.26. The second-order valence-corrected chi connectivity index (χ2v) is 3.95. The molecule has 1 aromatic heterocycles. The lowest BCUT2D eigenvalue weighted by atomic mass is 10.3. The van der Waals surface area contributed by atoms with Gasteiger partial charge in [-0.25, -0.2) is 0 Å². The molecule has 90 valence electrons. The van der Waals surface area contributed by atoms with E-state index >= 15 is 0 Å². The topological polar surface area (TPSA) is 74.2 Å². The summed E-state index contributed by atoms with van der Waals surface area (Å²) in [5.41, 5.74) is 5.60. The molecular formula is C11H12ClN3O2. The molecule has 1 aromatic carbocycles. The minimum Gasteiger partial charge on any atom is -0.482 e. The molecule has 0 aliphatic heterocycles. The first-order valence-corrected chi connectivity index (χ1v) is 5.50. The van der Waals surface area contributed by atoms with Crippen molar-refractivity contribution in [2.45, 2.75) is 19.6 Å². The van der Waals surface area contributed by atoms with E-state index in [2.05, 4.69) is 10.2 Å². The van der Waals surface area contributed by atoms with Gasteiger partial charge in [-0.3, -0.25) is 0 Å². The van der Waals surface area contributed by atoms with Crippen LogP contribution in [0, 0.1) is 0 Å². The Hall–Kier alpha value is -1.59. The number of nitrogens with two attached hydrogens (primary N) is 1. The molecule has 1 heterocycles. The molecule has 0 aliphatic carbocycles. The van der Waals surface area contributed by atoms with Crippen LogP contribution in [-0.2, 0) is 6.61 Å². The quantitative estimate of drug-likeness (QED) is 0.905. The van der Waals surface area contributed by atoms with Crippen LogP contribution >= 0.6 is 11.6 Å². The van der Waals surface area contributed by atoms with Crippen LogP contribution in [0.1, 0.15) is 24.7 Å². The van der Waals surface area contributed by atoms with Crippen LogP contribution in [0.5, 0.6) is 5.75 Å². The van der Waals surface area contributed by atoms with Crippen LogP contribution in [0.3, 0.4) is 0 Å². The van der Waals surface area contributed by atoms with Crippen LogP contribution < -0.4 is 10.5 Å². The van der Waals surface area contributed by atoms with Crippen LogP contribution in [0.2, 0.25) is 5.02 Å². The van der Waals surface area contributed by atoms with Gasteiger partial charge in [-0.1, -0.05) is 23.7 Å². The van der Waals surface area contributed by atoms with Gasteiger partial charge in [0.1, 0.15) is 5.75 Å². The van der Waals surface area contributed by atoms with Crippen molar-refractivity contribution in [3.05, 3.63) is 41.1 Å². The van der Waals surface area contributed by atoms with Gasteiger partial charge in [-0.2, -0.15) is 0 Å². The first-order chi connectivity index (χ1) is 8.16. The first-order valence-electron chi connectivity index (χ1n) is 5.12. The van der Waals surface area contributed by atoms with Gasteiger partial charge in [0.25, 0.3) is 5.89 Å². The second kappa shape index (κ2) is 5.16. The Morgan fingerprint density at radius 2 is 2.18 bits per heavy atom. The van der Waals surface area contributed by atoms with E-state index in [1.807, 2.05) is 12.1 Å². The summed E-state index contributed by atoms with van der Waals surface area (Å²) in [7, 11) is 0. The molecule has 0 amide bonds. The maximum absolute atomic E-state index is 5.93. The zero-order valence-corrected chi connectivity index (χ0v) is 10.0. The van der Waals surface area contributed by atoms with Crippen LogP contribution in [0.15, 0.2) is 28.7 Å². The largest absolute Gasteiger partial charge is 0.482 e. The zero-order chi connectivity index (χ0) is 12.3. The average Bonchev–Trinajstić information content (AvgIpc) is 2.77. The van der Waals surface area contributed by atoms with Crippen molar-refractivity contribution >= 4 is 11.6 Å². The highest BCUT2D eigenvalue weighted by molar-refractivity contribution is 6.32. The number of hydrogen-bond acceptors (Lipinski definition) is 5. The third kappa shape index (κ3) is 2.95. The molecule has 0 bridgehead atoms. The van der Waals surface area contributed by atoms with Gasteiger partial charge in [0.2, 0.25) is 5.89 Å². The molecule has 5 nitrogen and oxygen atoms in total. The number of halogens is 1. The lowest BCUT2D eigenvalue weighted by Gasteiger charge is -2.04. The second-order valence-electron chi connectivity index (χ2n) is 3.54. The number of benzene rings is 1. The van der Waals surface area contributed by atoms with Crippen molar-refractivity contribution in [1.29, 1.82) is 0 Å². The van der Waals surface area contributed by atoms with Gasteiger partial charge in [0.05, 0.1) is 11.1 Å². The Morgan fingerprint density at radius 3 is 2.82 bits per heavy atom. The molecule has 0 radical (unpaired) electrons. The molecular weight excluding hydrogens is 242 g/mol. The molecule has 2 rings (SSSR count). The predicted molar refractivity (Wildman–Crippen MR) is 62.7 cm³/mol. The third-order valence-corrected chi connectivity index (χ3v) is 2.37. The van der Waals surface area contributed by atoms with Gasteiger partial charge < -0.3 is 14.9 Å². The van der Waals surface area contributed by atoms with E-state index in [1.54, 1.807) is 19.1 Å². The minimum absolute atomic E-state index is 0.170. The standard InChI is InChI=1S/C11H12ClN3O2/c1-7(13)11-15-14-10(17-11)6-16-9-5-3-2-4-8(9)12/h2-5,7H,6,13H2,1H3.